The van der Waals surface area contributed by atoms with E-state index >= 15 is 0 Å². The van der Waals surface area contributed by atoms with Crippen LogP contribution in [-0.2, 0) is 21.0 Å². The Hall–Kier alpha value is -1.69. The molecule has 1 aliphatic rings. The van der Waals surface area contributed by atoms with Gasteiger partial charge >= 0.3 is 0 Å². The second kappa shape index (κ2) is 7.74. The van der Waals surface area contributed by atoms with Crippen LogP contribution >= 0.6 is 0 Å². The van der Waals surface area contributed by atoms with Gasteiger partial charge in [-0.1, -0.05) is 48.9 Å². The summed E-state index contributed by atoms with van der Waals surface area (Å²) >= 11 is 0. The van der Waals surface area contributed by atoms with Gasteiger partial charge in [0.25, 0.3) is 0 Å². The maximum absolute atomic E-state index is 13.4. The van der Waals surface area contributed by atoms with Gasteiger partial charge in [-0.25, -0.2) is 8.42 Å². The van der Waals surface area contributed by atoms with E-state index in [4.69, 9.17) is 10.5 Å². The second-order valence-electron chi connectivity index (χ2n) is 7.43. The van der Waals surface area contributed by atoms with Gasteiger partial charge in [-0.05, 0) is 43.5 Å². The average Bonchev–Trinajstić information content (AvgIpc) is 3.37. The van der Waals surface area contributed by atoms with Crippen molar-refractivity contribution in [1.82, 2.24) is 0 Å². The topological polar surface area (TPSA) is 69.4 Å². The number of ether oxygens (including phenoxy) is 1. The van der Waals surface area contributed by atoms with Gasteiger partial charge in [0.2, 0.25) is 0 Å². The molecule has 4 nitrogen and oxygen atoms in total. The number of sulfone groups is 1. The Balaban J connectivity index is 2.02. The molecule has 5 heteroatoms. The first-order chi connectivity index (χ1) is 12.9. The van der Waals surface area contributed by atoms with Crippen molar-refractivity contribution < 1.29 is 13.2 Å². The Bertz CT molecular complexity index is 875. The first-order valence-corrected chi connectivity index (χ1v) is 11.1. The van der Waals surface area contributed by atoms with Crippen LogP contribution in [0.15, 0.2) is 53.4 Å². The minimum absolute atomic E-state index is 0.147. The number of hydrogen-bond donors (Lipinski definition) is 1. The third-order valence-electron chi connectivity index (χ3n) is 5.77. The van der Waals surface area contributed by atoms with Crippen LogP contribution in [0.5, 0.6) is 0 Å². The van der Waals surface area contributed by atoms with E-state index in [0.717, 1.165) is 17.5 Å². The van der Waals surface area contributed by atoms with Gasteiger partial charge in [-0.2, -0.15) is 0 Å². The summed E-state index contributed by atoms with van der Waals surface area (Å²) in [7, 11) is -3.51. The lowest BCUT2D eigenvalue weighted by Gasteiger charge is -2.16. The first kappa shape index (κ1) is 20.1. The van der Waals surface area contributed by atoms with E-state index in [2.05, 4.69) is 19.1 Å². The molecule has 1 fully saturated rings. The molecule has 0 unspecified atom stereocenters. The molecule has 0 aliphatic heterocycles. The van der Waals surface area contributed by atoms with Crippen molar-refractivity contribution in [2.24, 2.45) is 11.1 Å². The van der Waals surface area contributed by atoms with E-state index in [0.29, 0.717) is 18.1 Å². The van der Waals surface area contributed by atoms with Crippen molar-refractivity contribution in [3.05, 3.63) is 65.2 Å². The van der Waals surface area contributed by atoms with E-state index in [1.807, 2.05) is 38.1 Å². The highest BCUT2D eigenvalue weighted by Crippen LogP contribution is 2.63. The molecule has 0 bridgehead atoms. The van der Waals surface area contributed by atoms with E-state index in [1.165, 1.54) is 5.56 Å². The van der Waals surface area contributed by atoms with Crippen molar-refractivity contribution >= 4 is 9.84 Å². The van der Waals surface area contributed by atoms with Crippen LogP contribution in [0.3, 0.4) is 0 Å². The third kappa shape index (κ3) is 3.56. The van der Waals surface area contributed by atoms with E-state index in [9.17, 15) is 8.42 Å². The van der Waals surface area contributed by atoms with E-state index in [-0.39, 0.29) is 12.5 Å². The highest BCUT2D eigenvalue weighted by atomic mass is 32.2. The molecule has 146 valence electrons. The molecule has 1 aliphatic carbocycles. The van der Waals surface area contributed by atoms with Crippen LogP contribution in [0.1, 0.15) is 36.5 Å². The summed E-state index contributed by atoms with van der Waals surface area (Å²) in [5.74, 6) is -0.147. The SMILES string of the molecule is CCOC[C@]1(CN)[C@@H](c2ccc(CC)cc2)[C@@H]1S(=O)(=O)c1ccc(C)cc1. The maximum atomic E-state index is 13.4. The Morgan fingerprint density at radius 2 is 1.67 bits per heavy atom. The molecule has 0 aromatic heterocycles. The van der Waals surface area contributed by atoms with Crippen LogP contribution in [0.4, 0.5) is 0 Å². The van der Waals surface area contributed by atoms with Gasteiger partial charge in [0.05, 0.1) is 16.8 Å². The zero-order valence-electron chi connectivity index (χ0n) is 16.3. The fraction of sp³-hybridized carbons (Fsp3) is 0.455. The van der Waals surface area contributed by atoms with Crippen LogP contribution in [0, 0.1) is 12.3 Å². The van der Waals surface area contributed by atoms with Crippen molar-refractivity contribution in [2.45, 2.75) is 43.3 Å². The second-order valence-corrected chi connectivity index (χ2v) is 9.50. The minimum atomic E-state index is -3.51. The largest absolute Gasteiger partial charge is 0.381 e. The number of nitrogens with two attached hydrogens (primary N) is 1. The zero-order valence-corrected chi connectivity index (χ0v) is 17.1. The number of benzene rings is 2. The highest BCUT2D eigenvalue weighted by Gasteiger charge is 2.70. The molecular weight excluding hydrogens is 358 g/mol. The summed E-state index contributed by atoms with van der Waals surface area (Å²) in [5.41, 5.74) is 8.86. The fourth-order valence-electron chi connectivity index (χ4n) is 4.05. The van der Waals surface area contributed by atoms with E-state index in [1.54, 1.807) is 12.1 Å². The number of aryl methyl sites for hydroxylation is 2. The zero-order chi connectivity index (χ0) is 19.7. The molecular formula is C22H29NO3S. The Morgan fingerprint density at radius 1 is 1.04 bits per heavy atom. The van der Waals surface area contributed by atoms with Crippen molar-refractivity contribution in [3.8, 4) is 0 Å². The summed E-state index contributed by atoms with van der Waals surface area (Å²) in [6.07, 6.45) is 0.955. The van der Waals surface area contributed by atoms with Crippen molar-refractivity contribution in [1.29, 1.82) is 0 Å². The van der Waals surface area contributed by atoms with Gasteiger partial charge in [0.1, 0.15) is 0 Å². The van der Waals surface area contributed by atoms with Crippen LogP contribution in [0.25, 0.3) is 0 Å². The summed E-state index contributed by atoms with van der Waals surface area (Å²) in [6, 6.07) is 15.3. The molecule has 0 amide bonds. The third-order valence-corrected chi connectivity index (χ3v) is 8.10. The maximum Gasteiger partial charge on any atom is 0.182 e. The molecule has 3 atom stereocenters. The summed E-state index contributed by atoms with van der Waals surface area (Å²) < 4.78 is 32.6. The smallest absolute Gasteiger partial charge is 0.182 e. The Kier molecular flexibility index (Phi) is 5.75. The number of rotatable bonds is 8. The Labute approximate surface area is 162 Å². The molecule has 0 saturated heterocycles. The van der Waals surface area contributed by atoms with Crippen LogP contribution in [-0.4, -0.2) is 33.4 Å². The van der Waals surface area contributed by atoms with Gasteiger partial charge in [-0.3, -0.25) is 0 Å². The van der Waals surface area contributed by atoms with Gasteiger partial charge in [0, 0.05) is 24.5 Å². The van der Waals surface area contributed by atoms with Crippen molar-refractivity contribution in [2.75, 3.05) is 19.8 Å². The lowest BCUT2D eigenvalue weighted by atomic mass is 9.99. The monoisotopic (exact) mass is 387 g/mol. The molecule has 2 aromatic carbocycles. The molecule has 27 heavy (non-hydrogen) atoms. The van der Waals surface area contributed by atoms with Crippen LogP contribution < -0.4 is 5.73 Å². The lowest BCUT2D eigenvalue weighted by Crippen LogP contribution is -2.29. The molecule has 3 rings (SSSR count). The van der Waals surface area contributed by atoms with E-state index < -0.39 is 20.5 Å². The van der Waals surface area contributed by atoms with Gasteiger partial charge < -0.3 is 10.5 Å². The normalized spacial score (nSPS) is 24.7. The quantitative estimate of drug-likeness (QED) is 0.753. The van der Waals surface area contributed by atoms with Crippen LogP contribution in [0.2, 0.25) is 0 Å². The van der Waals surface area contributed by atoms with Gasteiger partial charge in [-0.15, -0.1) is 0 Å². The summed E-state index contributed by atoms with van der Waals surface area (Å²) in [6.45, 7) is 7.15. The standard InChI is InChI=1S/C22H29NO3S/c1-4-17-8-10-18(11-9-17)20-21(22(20,14-23)15-26-5-2)27(24,25)19-12-6-16(3)7-13-19/h6-13,20-21H,4-5,14-15,23H2,1-3H3/t20-,21-,22+/m0/s1. The minimum Gasteiger partial charge on any atom is -0.381 e. The first-order valence-electron chi connectivity index (χ1n) is 9.58. The van der Waals surface area contributed by atoms with Crippen molar-refractivity contribution in [3.63, 3.8) is 0 Å². The Morgan fingerprint density at radius 3 is 2.19 bits per heavy atom. The molecule has 2 aromatic rings. The van der Waals surface area contributed by atoms with Gasteiger partial charge in [0.15, 0.2) is 9.84 Å². The fourth-order valence-corrected chi connectivity index (χ4v) is 6.49. The molecule has 0 heterocycles. The lowest BCUT2D eigenvalue weighted by molar-refractivity contribution is 0.101. The molecule has 0 radical (unpaired) electrons. The highest BCUT2D eigenvalue weighted by molar-refractivity contribution is 7.92. The predicted octanol–water partition coefficient (Wildman–Crippen LogP) is 3.48. The number of hydrogen-bond acceptors (Lipinski definition) is 4. The average molecular weight is 388 g/mol. The summed E-state index contributed by atoms with van der Waals surface area (Å²) in [4.78, 5) is 0.361. The molecule has 0 spiro atoms. The predicted molar refractivity (Wildman–Crippen MR) is 109 cm³/mol. The molecule has 2 N–H and O–H groups in total. The molecule has 1 saturated carbocycles. The summed E-state index contributed by atoms with van der Waals surface area (Å²) in [5, 5.41) is -0.559.